The lowest BCUT2D eigenvalue weighted by atomic mass is 9.85. The van der Waals surface area contributed by atoms with Gasteiger partial charge < -0.3 is 26.0 Å². The zero-order valence-electron chi connectivity index (χ0n) is 29.4. The van der Waals surface area contributed by atoms with Crippen molar-refractivity contribution in [1.29, 1.82) is 0 Å². The van der Waals surface area contributed by atoms with Crippen LogP contribution >= 0.6 is 11.3 Å². The summed E-state index contributed by atoms with van der Waals surface area (Å²) in [7, 11) is 0. The average Bonchev–Trinajstić information content (AvgIpc) is 3.93. The Labute approximate surface area is 308 Å². The number of aromatic carboxylic acids is 1. The molecule has 1 atom stereocenters. The predicted molar refractivity (Wildman–Crippen MR) is 203 cm³/mol. The van der Waals surface area contributed by atoms with Crippen LogP contribution in [-0.2, 0) is 37.0 Å². The van der Waals surface area contributed by atoms with Crippen LogP contribution in [0.2, 0.25) is 0 Å². The molecular weight excluding hydrogens is 675 g/mol. The number of aliphatic hydroxyl groups is 1. The van der Waals surface area contributed by atoms with Crippen LogP contribution in [0.15, 0.2) is 72.8 Å². The number of hydrogen-bond acceptors (Lipinski definition) is 7. The molecule has 3 aliphatic carbocycles. The van der Waals surface area contributed by atoms with E-state index in [-0.39, 0.29) is 17.4 Å². The Morgan fingerprint density at radius 1 is 0.788 bits per heavy atom. The fourth-order valence-corrected chi connectivity index (χ4v) is 9.21. The smallest absolute Gasteiger partial charge is 0.335 e. The van der Waals surface area contributed by atoms with Gasteiger partial charge in [0.2, 0.25) is 0 Å². The molecule has 0 aliphatic heterocycles. The number of aryl methyl sites for hydroxylation is 3. The number of hydrogen-bond donors (Lipinski definition) is 5. The third-order valence-electron chi connectivity index (χ3n) is 10.9. The van der Waals surface area contributed by atoms with Crippen LogP contribution < -0.4 is 10.6 Å². The van der Waals surface area contributed by atoms with Crippen molar-refractivity contribution in [2.45, 2.75) is 102 Å². The highest BCUT2D eigenvalue weighted by molar-refractivity contribution is 7.16. The number of carbonyl (C=O) groups is 3. The molecule has 9 nitrogen and oxygen atoms in total. The summed E-state index contributed by atoms with van der Waals surface area (Å²) in [5, 5.41) is 37.3. The molecule has 2 saturated carbocycles. The molecular formula is C42H47N3O6S. The van der Waals surface area contributed by atoms with E-state index in [2.05, 4.69) is 27.7 Å². The quantitative estimate of drug-likeness (QED) is 0.0825. The number of nitrogens with zero attached hydrogens (tertiary/aromatic N) is 1. The Kier molecular flexibility index (Phi) is 11.1. The highest BCUT2D eigenvalue weighted by Gasteiger charge is 2.37. The summed E-state index contributed by atoms with van der Waals surface area (Å²) < 4.78 is 0. The van der Waals surface area contributed by atoms with Gasteiger partial charge in [0.1, 0.15) is 5.00 Å². The molecule has 1 amide bonds. The van der Waals surface area contributed by atoms with E-state index in [9.17, 15) is 29.7 Å². The number of thiophene rings is 1. The topological polar surface area (TPSA) is 139 Å². The normalized spacial score (nSPS) is 19.1. The summed E-state index contributed by atoms with van der Waals surface area (Å²) in [6.07, 6.45) is 9.94. The molecule has 52 heavy (non-hydrogen) atoms. The van der Waals surface area contributed by atoms with E-state index in [1.807, 2.05) is 48.5 Å². The fourth-order valence-electron chi connectivity index (χ4n) is 7.91. The van der Waals surface area contributed by atoms with Gasteiger partial charge in [-0.25, -0.2) is 4.79 Å². The molecule has 3 aromatic carbocycles. The lowest BCUT2D eigenvalue weighted by molar-refractivity contribution is -0.143. The molecule has 1 aromatic heterocycles. The molecule has 1 heterocycles. The number of benzene rings is 3. The van der Waals surface area contributed by atoms with Crippen molar-refractivity contribution in [3.8, 4) is 0 Å². The first-order valence-corrected chi connectivity index (χ1v) is 19.4. The fraction of sp³-hybridized carbons (Fsp3) is 0.405. The second-order valence-electron chi connectivity index (χ2n) is 14.6. The van der Waals surface area contributed by atoms with E-state index in [1.54, 1.807) is 23.5 Å². The Bertz CT molecular complexity index is 1910. The second-order valence-corrected chi connectivity index (χ2v) is 15.7. The van der Waals surface area contributed by atoms with Gasteiger partial charge in [0.05, 0.1) is 17.0 Å². The van der Waals surface area contributed by atoms with Gasteiger partial charge in [-0.15, -0.1) is 11.3 Å². The predicted octanol–water partition coefficient (Wildman–Crippen LogP) is 8.07. The van der Waals surface area contributed by atoms with Crippen molar-refractivity contribution < 1.29 is 29.7 Å². The number of anilines is 2. The molecule has 7 rings (SSSR count). The van der Waals surface area contributed by atoms with Crippen LogP contribution in [0.25, 0.3) is 0 Å². The minimum absolute atomic E-state index is 0.193. The number of carbonyl (C=O) groups excluding carboxylic acids is 1. The maximum absolute atomic E-state index is 14.0. The summed E-state index contributed by atoms with van der Waals surface area (Å²) in [5.41, 5.74) is 6.61. The first kappa shape index (κ1) is 35.9. The monoisotopic (exact) mass is 721 g/mol. The molecule has 4 aromatic rings. The molecule has 0 saturated heterocycles. The number of rotatable bonds is 14. The number of carboxylic acids is 2. The van der Waals surface area contributed by atoms with Gasteiger partial charge in [0.25, 0.3) is 5.91 Å². The molecule has 0 bridgehead atoms. The van der Waals surface area contributed by atoms with Crippen molar-refractivity contribution in [1.82, 2.24) is 4.90 Å². The second kappa shape index (κ2) is 16.0. The highest BCUT2D eigenvalue weighted by atomic mass is 32.1. The van der Waals surface area contributed by atoms with E-state index in [0.29, 0.717) is 28.3 Å². The van der Waals surface area contributed by atoms with Crippen LogP contribution in [0.3, 0.4) is 0 Å². The molecule has 272 valence electrons. The highest BCUT2D eigenvalue weighted by Crippen LogP contribution is 2.40. The summed E-state index contributed by atoms with van der Waals surface area (Å²) in [6, 6.07) is 23.7. The minimum Gasteiger partial charge on any atom is -0.481 e. The van der Waals surface area contributed by atoms with Gasteiger partial charge in [-0.1, -0.05) is 48.5 Å². The van der Waals surface area contributed by atoms with Crippen LogP contribution in [-0.4, -0.2) is 50.1 Å². The van der Waals surface area contributed by atoms with Crippen molar-refractivity contribution in [3.05, 3.63) is 117 Å². The van der Waals surface area contributed by atoms with Crippen LogP contribution in [0, 0.1) is 5.92 Å². The molecule has 0 radical (unpaired) electrons. The lowest BCUT2D eigenvalue weighted by Crippen LogP contribution is -2.40. The van der Waals surface area contributed by atoms with E-state index in [1.165, 1.54) is 17.7 Å². The number of amides is 1. The molecule has 1 unspecified atom stereocenters. The average molecular weight is 722 g/mol. The standard InChI is InChI=1S/C42H47N3O6S/c46-38(31-7-3-6-28(23-31)25-45(34-21-22-34)33-19-17-30(18-20-33)42(50)51)44-40-37(35-9-1-2-10-36(35)52-40)39(47)43-32-8-4-5-27(24-32)12-11-26-13-15-29(16-14-26)41(48)49/h3-8,13-16,23-24,30,33-34,38,44,46H,1-2,9-12,17-22,25H2,(H,43,47)(H,48,49)(H,50,51). The maximum atomic E-state index is 14.0. The maximum Gasteiger partial charge on any atom is 0.335 e. The van der Waals surface area contributed by atoms with E-state index in [0.717, 1.165) is 98.6 Å². The van der Waals surface area contributed by atoms with Gasteiger partial charge in [0.15, 0.2) is 6.23 Å². The summed E-state index contributed by atoms with van der Waals surface area (Å²) >= 11 is 1.56. The van der Waals surface area contributed by atoms with Gasteiger partial charge >= 0.3 is 11.9 Å². The lowest BCUT2D eigenvalue weighted by Gasteiger charge is -2.36. The van der Waals surface area contributed by atoms with Crippen LogP contribution in [0.5, 0.6) is 0 Å². The molecule has 2 fully saturated rings. The first-order chi connectivity index (χ1) is 25.2. The van der Waals surface area contributed by atoms with Crippen molar-refractivity contribution in [2.75, 3.05) is 10.6 Å². The Morgan fingerprint density at radius 2 is 1.46 bits per heavy atom. The Hall–Kier alpha value is -4.51. The zero-order chi connectivity index (χ0) is 36.2. The van der Waals surface area contributed by atoms with Gasteiger partial charge in [-0.05, 0) is 124 Å². The third kappa shape index (κ3) is 8.57. The Balaban J connectivity index is 1.03. The summed E-state index contributed by atoms with van der Waals surface area (Å²) in [4.78, 5) is 40.5. The van der Waals surface area contributed by atoms with Crippen LogP contribution in [0.1, 0.15) is 111 Å². The van der Waals surface area contributed by atoms with Gasteiger partial charge in [-0.3, -0.25) is 14.5 Å². The molecule has 3 aliphatic rings. The minimum atomic E-state index is -1.00. The number of aliphatic carboxylic acids is 1. The van der Waals surface area contributed by atoms with E-state index >= 15 is 0 Å². The SMILES string of the molecule is O=C(O)c1ccc(CCc2cccc(NC(=O)c3c(NC(O)c4cccc(CN(C5CCC(C(=O)O)CC5)C5CC5)c4)sc4c3CCCC4)c2)cc1. The van der Waals surface area contributed by atoms with Gasteiger partial charge in [-0.2, -0.15) is 0 Å². The number of aliphatic hydroxyl groups excluding tert-OH is 1. The Morgan fingerprint density at radius 3 is 2.17 bits per heavy atom. The van der Waals surface area contributed by atoms with Crippen LogP contribution in [0.4, 0.5) is 10.7 Å². The summed E-state index contributed by atoms with van der Waals surface area (Å²) in [6.45, 7) is 0.769. The molecule has 0 spiro atoms. The summed E-state index contributed by atoms with van der Waals surface area (Å²) in [5.74, 6) is -2.04. The van der Waals surface area contributed by atoms with E-state index in [4.69, 9.17) is 0 Å². The van der Waals surface area contributed by atoms with Crippen molar-refractivity contribution >= 4 is 39.9 Å². The van der Waals surface area contributed by atoms with Crippen molar-refractivity contribution in [2.24, 2.45) is 5.92 Å². The number of fused-ring (bicyclic) bond motifs is 1. The molecule has 5 N–H and O–H groups in total. The van der Waals surface area contributed by atoms with Crippen molar-refractivity contribution in [3.63, 3.8) is 0 Å². The largest absolute Gasteiger partial charge is 0.481 e. The third-order valence-corrected chi connectivity index (χ3v) is 12.1. The first-order valence-electron chi connectivity index (χ1n) is 18.6. The zero-order valence-corrected chi connectivity index (χ0v) is 30.2. The van der Waals surface area contributed by atoms with Gasteiger partial charge in [0, 0.05) is 34.8 Å². The van der Waals surface area contributed by atoms with E-state index < -0.39 is 18.2 Å². The number of nitrogens with one attached hydrogen (secondary N) is 2. The molecule has 10 heteroatoms. The number of carboxylic acid groups (broad SMARTS) is 2.